The molecule has 1 aromatic heterocycles. The maximum atomic E-state index is 14.6. The molecule has 0 bridgehead atoms. The number of carbonyl (C=O) groups excluding carboxylic acids is 2. The van der Waals surface area contributed by atoms with Crippen molar-refractivity contribution in [3.8, 4) is 11.5 Å². The van der Waals surface area contributed by atoms with Crippen LogP contribution in [0.15, 0.2) is 43.2 Å². The van der Waals surface area contributed by atoms with Gasteiger partial charge in [-0.1, -0.05) is 18.2 Å². The smallest absolute Gasteiger partial charge is 0.252 e. The Morgan fingerprint density at radius 1 is 1.22 bits per heavy atom. The molecule has 2 heterocycles. The quantitative estimate of drug-likeness (QED) is 0.269. The Morgan fingerprint density at radius 2 is 2.00 bits per heavy atom. The zero-order chi connectivity index (χ0) is 29.7. The van der Waals surface area contributed by atoms with E-state index in [0.29, 0.717) is 48.3 Å². The normalized spacial score (nSPS) is 16.9. The van der Waals surface area contributed by atoms with Crippen LogP contribution < -0.4 is 20.1 Å². The number of piperidine rings is 1. The molecule has 2 N–H and O–H groups in total. The highest BCUT2D eigenvalue weighted by Gasteiger charge is 2.33. The molecule has 0 saturated carbocycles. The minimum atomic E-state index is -0.955. The molecule has 41 heavy (non-hydrogen) atoms. The van der Waals surface area contributed by atoms with Gasteiger partial charge in [-0.25, -0.2) is 18.7 Å². The van der Waals surface area contributed by atoms with Crippen molar-refractivity contribution in [2.24, 2.45) is 0 Å². The van der Waals surface area contributed by atoms with Crippen molar-refractivity contribution in [1.29, 1.82) is 0 Å². The summed E-state index contributed by atoms with van der Waals surface area (Å²) in [6, 6.07) is 4.94. The lowest BCUT2D eigenvalue weighted by Gasteiger charge is -2.33. The molecular formula is C28H31ClF2N6O4. The van der Waals surface area contributed by atoms with Crippen LogP contribution in [-0.4, -0.2) is 84.6 Å². The van der Waals surface area contributed by atoms with E-state index in [1.54, 1.807) is 12.1 Å². The molecule has 0 radical (unpaired) electrons. The van der Waals surface area contributed by atoms with Crippen LogP contribution in [0, 0.1) is 11.6 Å². The van der Waals surface area contributed by atoms with E-state index in [0.717, 1.165) is 12.1 Å². The van der Waals surface area contributed by atoms with Gasteiger partial charge in [0.15, 0.2) is 17.3 Å². The number of likely N-dealkylation sites (N-methyl/N-ethyl adjacent to an activating group) is 1. The number of aromatic nitrogens is 2. The molecule has 0 spiro atoms. The number of fused-ring (bicyclic) bond motifs is 1. The van der Waals surface area contributed by atoms with Gasteiger partial charge < -0.3 is 25.0 Å². The van der Waals surface area contributed by atoms with E-state index in [4.69, 9.17) is 21.1 Å². The predicted octanol–water partition coefficient (Wildman–Crippen LogP) is 3.92. The number of carbonyl (C=O) groups is 2. The summed E-state index contributed by atoms with van der Waals surface area (Å²) in [6.07, 6.45) is 2.93. The maximum Gasteiger partial charge on any atom is 0.252 e. The Labute approximate surface area is 241 Å². The predicted molar refractivity (Wildman–Crippen MR) is 152 cm³/mol. The van der Waals surface area contributed by atoms with Crippen molar-refractivity contribution >= 4 is 45.8 Å². The minimum Gasteiger partial charge on any atom is -0.493 e. The second kappa shape index (κ2) is 13.2. The van der Waals surface area contributed by atoms with Gasteiger partial charge in [-0.2, -0.15) is 0 Å². The SMILES string of the molecule is C=CC(=O)N(CCN(C)C)C(=O)[C@@H]1C[C@@H](Oc2cc3c(Nc4ccc(F)c(Cl)c4F)ncnc3cc2OC)CCN1. The first-order chi connectivity index (χ1) is 19.6. The summed E-state index contributed by atoms with van der Waals surface area (Å²) in [5.41, 5.74) is 0.417. The Balaban J connectivity index is 1.58. The van der Waals surface area contributed by atoms with E-state index in [1.807, 2.05) is 19.0 Å². The fourth-order valence-corrected chi connectivity index (χ4v) is 4.61. The second-order valence-corrected chi connectivity index (χ2v) is 10.1. The molecule has 3 aromatic rings. The number of nitrogens with zero attached hydrogens (tertiary/aromatic N) is 4. The molecule has 0 aliphatic carbocycles. The van der Waals surface area contributed by atoms with Crippen LogP contribution in [0.1, 0.15) is 12.8 Å². The number of benzene rings is 2. The van der Waals surface area contributed by atoms with Gasteiger partial charge in [0.2, 0.25) is 5.91 Å². The van der Waals surface area contributed by atoms with E-state index in [2.05, 4.69) is 27.2 Å². The van der Waals surface area contributed by atoms with Crippen LogP contribution >= 0.6 is 11.6 Å². The number of nitrogens with one attached hydrogen (secondary N) is 2. The zero-order valence-corrected chi connectivity index (χ0v) is 23.7. The average Bonchev–Trinajstić information content (AvgIpc) is 2.97. The Morgan fingerprint density at radius 3 is 2.71 bits per heavy atom. The fraction of sp³-hybridized carbons (Fsp3) is 0.357. The molecular weight excluding hydrogens is 558 g/mol. The van der Waals surface area contributed by atoms with Crippen LogP contribution in [-0.2, 0) is 9.59 Å². The highest BCUT2D eigenvalue weighted by molar-refractivity contribution is 6.31. The molecule has 1 aliphatic rings. The van der Waals surface area contributed by atoms with Gasteiger partial charge in [-0.3, -0.25) is 14.5 Å². The number of methoxy groups -OCH3 is 1. The number of anilines is 2. The molecule has 218 valence electrons. The van der Waals surface area contributed by atoms with Gasteiger partial charge in [-0.05, 0) is 51.3 Å². The highest BCUT2D eigenvalue weighted by Crippen LogP contribution is 2.37. The standard InChI is InChI=1S/C28H31ClF2N6O4/c1-5-24(38)37(11-10-36(2)3)28(39)21-12-16(8-9-32-21)41-23-13-17-20(14-22(23)40-4)33-15-34-27(17)35-19-7-6-18(30)25(29)26(19)31/h5-7,13-16,21,32H,1,8-12H2,2-4H3,(H,33,34,35)/t16-,21-/m0/s1. The highest BCUT2D eigenvalue weighted by atomic mass is 35.5. The topological polar surface area (TPSA) is 109 Å². The minimum absolute atomic E-state index is 0.0673. The summed E-state index contributed by atoms with van der Waals surface area (Å²) in [5.74, 6) is -1.65. The van der Waals surface area contributed by atoms with Crippen LogP contribution in [0.2, 0.25) is 5.02 Å². The zero-order valence-electron chi connectivity index (χ0n) is 22.9. The molecule has 0 unspecified atom stereocenters. The summed E-state index contributed by atoms with van der Waals surface area (Å²) < 4.78 is 40.1. The Kier molecular flexibility index (Phi) is 9.69. The molecule has 10 nitrogen and oxygen atoms in total. The molecule has 13 heteroatoms. The van der Waals surface area contributed by atoms with Crippen molar-refractivity contribution in [1.82, 2.24) is 25.1 Å². The second-order valence-electron chi connectivity index (χ2n) is 9.70. The number of imide groups is 1. The van der Waals surface area contributed by atoms with Crippen molar-refractivity contribution < 1.29 is 27.8 Å². The molecule has 1 aliphatic heterocycles. The lowest BCUT2D eigenvalue weighted by atomic mass is 10.00. The summed E-state index contributed by atoms with van der Waals surface area (Å²) in [6.45, 7) is 4.75. The Hall–Kier alpha value is -3.87. The number of rotatable bonds is 10. The van der Waals surface area contributed by atoms with E-state index < -0.39 is 28.6 Å². The molecule has 1 saturated heterocycles. The van der Waals surface area contributed by atoms with Crippen molar-refractivity contribution in [2.75, 3.05) is 46.2 Å². The number of amides is 2. The van der Waals surface area contributed by atoms with Gasteiger partial charge >= 0.3 is 0 Å². The molecule has 2 amide bonds. The van der Waals surface area contributed by atoms with Crippen LogP contribution in [0.25, 0.3) is 10.9 Å². The molecule has 2 aromatic carbocycles. The summed E-state index contributed by atoms with van der Waals surface area (Å²) in [7, 11) is 5.21. The van der Waals surface area contributed by atoms with E-state index in [-0.39, 0.29) is 30.1 Å². The first-order valence-corrected chi connectivity index (χ1v) is 13.3. The van der Waals surface area contributed by atoms with Gasteiger partial charge in [0.25, 0.3) is 5.91 Å². The fourth-order valence-electron chi connectivity index (χ4n) is 4.45. The summed E-state index contributed by atoms with van der Waals surface area (Å²) >= 11 is 5.73. The summed E-state index contributed by atoms with van der Waals surface area (Å²) in [5, 5.41) is 5.88. The van der Waals surface area contributed by atoms with Crippen molar-refractivity contribution in [2.45, 2.75) is 25.0 Å². The first kappa shape index (κ1) is 30.1. The lowest BCUT2D eigenvalue weighted by molar-refractivity contribution is -0.144. The molecule has 4 rings (SSSR count). The van der Waals surface area contributed by atoms with Crippen LogP contribution in [0.4, 0.5) is 20.3 Å². The Bertz CT molecular complexity index is 1460. The third-order valence-corrected chi connectivity index (χ3v) is 6.98. The van der Waals surface area contributed by atoms with E-state index in [1.165, 1.54) is 24.4 Å². The molecule has 1 fully saturated rings. The number of halogens is 3. The largest absolute Gasteiger partial charge is 0.493 e. The van der Waals surface area contributed by atoms with Gasteiger partial charge in [0, 0.05) is 31.0 Å². The van der Waals surface area contributed by atoms with E-state index in [9.17, 15) is 18.4 Å². The van der Waals surface area contributed by atoms with Crippen LogP contribution in [0.3, 0.4) is 0 Å². The number of ether oxygens (including phenoxy) is 2. The van der Waals surface area contributed by atoms with Gasteiger partial charge in [0.1, 0.15) is 29.1 Å². The first-order valence-electron chi connectivity index (χ1n) is 12.9. The number of hydrogen-bond donors (Lipinski definition) is 2. The van der Waals surface area contributed by atoms with Gasteiger partial charge in [0.05, 0.1) is 24.4 Å². The van der Waals surface area contributed by atoms with Crippen molar-refractivity contribution in [3.63, 3.8) is 0 Å². The average molecular weight is 589 g/mol. The maximum absolute atomic E-state index is 14.6. The van der Waals surface area contributed by atoms with E-state index >= 15 is 0 Å². The van der Waals surface area contributed by atoms with Crippen molar-refractivity contribution in [3.05, 3.63) is 59.9 Å². The third kappa shape index (κ3) is 6.89. The van der Waals surface area contributed by atoms with Crippen LogP contribution in [0.5, 0.6) is 11.5 Å². The monoisotopic (exact) mass is 588 g/mol. The number of hydrogen-bond acceptors (Lipinski definition) is 9. The van der Waals surface area contributed by atoms with Gasteiger partial charge in [-0.15, -0.1) is 0 Å². The molecule has 2 atom stereocenters. The lowest BCUT2D eigenvalue weighted by Crippen LogP contribution is -2.54. The third-order valence-electron chi connectivity index (χ3n) is 6.63. The summed E-state index contributed by atoms with van der Waals surface area (Å²) in [4.78, 5) is 37.3.